The summed E-state index contributed by atoms with van der Waals surface area (Å²) in [5.41, 5.74) is 6.64. The van der Waals surface area contributed by atoms with Gasteiger partial charge in [0.1, 0.15) is 5.75 Å². The van der Waals surface area contributed by atoms with Crippen molar-refractivity contribution in [3.63, 3.8) is 0 Å². The van der Waals surface area contributed by atoms with E-state index in [9.17, 15) is 8.42 Å². The summed E-state index contributed by atoms with van der Waals surface area (Å²) in [7, 11) is -1.99. The van der Waals surface area contributed by atoms with Crippen LogP contribution in [0.25, 0.3) is 0 Å². The van der Waals surface area contributed by atoms with E-state index in [1.54, 1.807) is 18.2 Å². The molecular weight excluding hydrogens is 278 g/mol. The quantitative estimate of drug-likeness (QED) is 0.830. The van der Waals surface area contributed by atoms with Crippen molar-refractivity contribution in [2.24, 2.45) is 0 Å². The molecule has 0 aromatic heterocycles. The Morgan fingerprint density at radius 1 is 1.20 bits per heavy atom. The second-order valence-corrected chi connectivity index (χ2v) is 6.55. The number of nitrogens with two attached hydrogens (primary N) is 1. The van der Waals surface area contributed by atoms with Gasteiger partial charge < -0.3 is 10.5 Å². The summed E-state index contributed by atoms with van der Waals surface area (Å²) < 4.78 is 33.8. The summed E-state index contributed by atoms with van der Waals surface area (Å²) in [6.07, 6.45) is 3.99. The van der Waals surface area contributed by atoms with Gasteiger partial charge in [0.05, 0.1) is 18.5 Å². The highest BCUT2D eigenvalue weighted by Crippen LogP contribution is 2.25. The first-order chi connectivity index (χ1) is 9.53. The van der Waals surface area contributed by atoms with Crippen molar-refractivity contribution in [2.75, 3.05) is 30.7 Å². The smallest absolute Gasteiger partial charge is 0.301 e. The summed E-state index contributed by atoms with van der Waals surface area (Å²) in [6.45, 7) is 1.14. The maximum atomic E-state index is 12.3. The zero-order chi connectivity index (χ0) is 14.6. The molecule has 6 nitrogen and oxygen atoms in total. The van der Waals surface area contributed by atoms with Gasteiger partial charge in [0.15, 0.2) is 0 Å². The first-order valence-corrected chi connectivity index (χ1v) is 8.18. The van der Waals surface area contributed by atoms with Crippen LogP contribution in [0.2, 0.25) is 0 Å². The second-order valence-electron chi connectivity index (χ2n) is 4.88. The molecule has 0 aliphatic carbocycles. The van der Waals surface area contributed by atoms with Crippen LogP contribution in [0.4, 0.5) is 11.4 Å². The van der Waals surface area contributed by atoms with Gasteiger partial charge in [0.25, 0.3) is 0 Å². The van der Waals surface area contributed by atoms with Crippen LogP contribution in [0, 0.1) is 0 Å². The molecule has 1 saturated heterocycles. The van der Waals surface area contributed by atoms with Gasteiger partial charge in [-0.25, -0.2) is 0 Å². The SMILES string of the molecule is COc1ccc(NS(=O)(=O)N2CCCCCC2)cc1N. The maximum Gasteiger partial charge on any atom is 0.301 e. The monoisotopic (exact) mass is 299 g/mol. The Balaban J connectivity index is 2.12. The third-order valence-corrected chi connectivity index (χ3v) is 4.92. The highest BCUT2D eigenvalue weighted by molar-refractivity contribution is 7.90. The van der Waals surface area contributed by atoms with Crippen LogP contribution in [-0.4, -0.2) is 32.9 Å². The van der Waals surface area contributed by atoms with Gasteiger partial charge in [-0.2, -0.15) is 12.7 Å². The van der Waals surface area contributed by atoms with E-state index in [4.69, 9.17) is 10.5 Å². The highest BCUT2D eigenvalue weighted by Gasteiger charge is 2.22. The summed E-state index contributed by atoms with van der Waals surface area (Å²) >= 11 is 0. The number of hydrogen-bond acceptors (Lipinski definition) is 4. The molecule has 2 rings (SSSR count). The Bertz CT molecular complexity index is 552. The third-order valence-electron chi connectivity index (χ3n) is 3.38. The van der Waals surface area contributed by atoms with Crippen molar-refractivity contribution < 1.29 is 13.2 Å². The van der Waals surface area contributed by atoms with Gasteiger partial charge in [0, 0.05) is 13.1 Å². The van der Waals surface area contributed by atoms with Crippen LogP contribution >= 0.6 is 0 Å². The lowest BCUT2D eigenvalue weighted by Gasteiger charge is -2.21. The number of ether oxygens (including phenoxy) is 1. The van der Waals surface area contributed by atoms with Gasteiger partial charge in [-0.15, -0.1) is 0 Å². The Morgan fingerprint density at radius 2 is 1.85 bits per heavy atom. The molecular formula is C13H21N3O3S. The molecule has 1 aromatic rings. The number of anilines is 2. The summed E-state index contributed by atoms with van der Waals surface area (Å²) in [5.74, 6) is 0.530. The normalized spacial score (nSPS) is 17.4. The number of nitrogen functional groups attached to an aromatic ring is 1. The molecule has 3 N–H and O–H groups in total. The average molecular weight is 299 g/mol. The van der Waals surface area contributed by atoms with Gasteiger partial charge in [-0.3, -0.25) is 4.72 Å². The van der Waals surface area contributed by atoms with Gasteiger partial charge >= 0.3 is 10.2 Å². The first-order valence-electron chi connectivity index (χ1n) is 6.74. The predicted octanol–water partition coefficient (Wildman–Crippen LogP) is 1.81. The number of nitrogens with one attached hydrogen (secondary N) is 1. The van der Waals surface area contributed by atoms with E-state index in [0.717, 1.165) is 25.7 Å². The molecule has 1 aliphatic rings. The molecule has 1 aliphatic heterocycles. The summed E-state index contributed by atoms with van der Waals surface area (Å²) in [6, 6.07) is 4.86. The summed E-state index contributed by atoms with van der Waals surface area (Å²) in [4.78, 5) is 0. The largest absolute Gasteiger partial charge is 0.495 e. The topological polar surface area (TPSA) is 84.7 Å². The Morgan fingerprint density at radius 3 is 2.40 bits per heavy atom. The van der Waals surface area contributed by atoms with E-state index >= 15 is 0 Å². The number of nitrogens with zero attached hydrogens (tertiary/aromatic N) is 1. The molecule has 1 heterocycles. The van der Waals surface area contributed by atoms with Gasteiger partial charge in [-0.1, -0.05) is 12.8 Å². The van der Waals surface area contributed by atoms with Crippen molar-refractivity contribution in [1.29, 1.82) is 0 Å². The Kier molecular flexibility index (Phi) is 4.72. The molecule has 112 valence electrons. The standard InChI is InChI=1S/C13H21N3O3S/c1-19-13-7-6-11(10-12(13)14)15-20(17,18)16-8-4-2-3-5-9-16/h6-7,10,15H,2-5,8-9,14H2,1H3. The molecule has 1 aromatic carbocycles. The molecule has 0 radical (unpaired) electrons. The van der Waals surface area contributed by atoms with Crippen LogP contribution in [0.1, 0.15) is 25.7 Å². The number of rotatable bonds is 4. The van der Waals surface area contributed by atoms with Crippen LogP contribution in [-0.2, 0) is 10.2 Å². The van der Waals surface area contributed by atoms with Crippen molar-refractivity contribution in [3.05, 3.63) is 18.2 Å². The van der Waals surface area contributed by atoms with Gasteiger partial charge in [-0.05, 0) is 31.0 Å². The fourth-order valence-corrected chi connectivity index (χ4v) is 3.59. The van der Waals surface area contributed by atoms with E-state index in [1.165, 1.54) is 11.4 Å². The van der Waals surface area contributed by atoms with E-state index < -0.39 is 10.2 Å². The van der Waals surface area contributed by atoms with Crippen LogP contribution in [0.3, 0.4) is 0 Å². The lowest BCUT2D eigenvalue weighted by molar-refractivity contribution is 0.417. The maximum absolute atomic E-state index is 12.3. The molecule has 0 amide bonds. The predicted molar refractivity (Wildman–Crippen MR) is 80.0 cm³/mol. The molecule has 0 spiro atoms. The van der Waals surface area contributed by atoms with Crippen molar-refractivity contribution in [2.45, 2.75) is 25.7 Å². The molecule has 0 saturated carbocycles. The van der Waals surface area contributed by atoms with Gasteiger partial charge in [0.2, 0.25) is 0 Å². The number of hydrogen-bond donors (Lipinski definition) is 2. The minimum atomic E-state index is -3.51. The van der Waals surface area contributed by atoms with Crippen LogP contribution < -0.4 is 15.2 Å². The molecule has 7 heteroatoms. The second kappa shape index (κ2) is 6.32. The Hall–Kier alpha value is -1.47. The lowest BCUT2D eigenvalue weighted by atomic mass is 10.2. The fraction of sp³-hybridized carbons (Fsp3) is 0.538. The van der Waals surface area contributed by atoms with E-state index in [-0.39, 0.29) is 0 Å². The first kappa shape index (κ1) is 14.9. The molecule has 0 bridgehead atoms. The van der Waals surface area contributed by atoms with E-state index in [0.29, 0.717) is 30.2 Å². The minimum absolute atomic E-state index is 0.406. The van der Waals surface area contributed by atoms with Crippen molar-refractivity contribution >= 4 is 21.6 Å². The fourth-order valence-electron chi connectivity index (χ4n) is 2.29. The molecule has 20 heavy (non-hydrogen) atoms. The zero-order valence-corrected chi connectivity index (χ0v) is 12.4. The Labute approximate surface area is 120 Å². The summed E-state index contributed by atoms with van der Waals surface area (Å²) in [5, 5.41) is 0. The van der Waals surface area contributed by atoms with E-state index in [1.807, 2.05) is 0 Å². The van der Waals surface area contributed by atoms with Crippen LogP contribution in [0.15, 0.2) is 18.2 Å². The number of methoxy groups -OCH3 is 1. The molecule has 0 unspecified atom stereocenters. The van der Waals surface area contributed by atoms with E-state index in [2.05, 4.69) is 4.72 Å². The highest BCUT2D eigenvalue weighted by atomic mass is 32.2. The van der Waals surface area contributed by atoms with Crippen molar-refractivity contribution in [3.8, 4) is 5.75 Å². The zero-order valence-electron chi connectivity index (χ0n) is 11.6. The van der Waals surface area contributed by atoms with Crippen LogP contribution in [0.5, 0.6) is 5.75 Å². The minimum Gasteiger partial charge on any atom is -0.495 e. The molecule has 1 fully saturated rings. The molecule has 0 atom stereocenters. The number of benzene rings is 1. The lowest BCUT2D eigenvalue weighted by Crippen LogP contribution is -2.36. The average Bonchev–Trinajstić information content (AvgIpc) is 2.68. The van der Waals surface area contributed by atoms with Crippen molar-refractivity contribution in [1.82, 2.24) is 4.31 Å². The third kappa shape index (κ3) is 3.55.